The highest BCUT2D eigenvalue weighted by atomic mass is 28.4. The summed E-state index contributed by atoms with van der Waals surface area (Å²) in [5.74, 6) is 2.11. The molecule has 1 aromatic heterocycles. The molecule has 2 aromatic carbocycles. The van der Waals surface area contributed by atoms with Gasteiger partial charge in [-0.1, -0.05) is 47.6 Å². The minimum Gasteiger partial charge on any atom is -0.530 e. The average Bonchev–Trinajstić information content (AvgIpc) is 3.19. The predicted octanol–water partition coefficient (Wildman–Crippen LogP) is 7.45. The van der Waals surface area contributed by atoms with Gasteiger partial charge in [-0.2, -0.15) is 0 Å². The third-order valence-electron chi connectivity index (χ3n) is 7.51. The Hall–Kier alpha value is -3.13. The van der Waals surface area contributed by atoms with Gasteiger partial charge in [0.2, 0.25) is 0 Å². The van der Waals surface area contributed by atoms with Crippen molar-refractivity contribution in [1.29, 1.82) is 0 Å². The van der Waals surface area contributed by atoms with E-state index >= 15 is 0 Å². The van der Waals surface area contributed by atoms with E-state index in [1.165, 1.54) is 0 Å². The van der Waals surface area contributed by atoms with Crippen LogP contribution in [-0.2, 0) is 11.3 Å². The number of esters is 1. The number of hydrogen-bond acceptors (Lipinski definition) is 6. The average molecular weight is 542 g/mol. The van der Waals surface area contributed by atoms with Gasteiger partial charge in [0, 0.05) is 11.6 Å². The zero-order valence-corrected chi connectivity index (χ0v) is 25.5. The number of rotatable bonds is 12. The molecule has 0 aliphatic carbocycles. The fraction of sp³-hybridized carbons (Fsp3) is 0.500. The van der Waals surface area contributed by atoms with Crippen LogP contribution in [0.2, 0.25) is 16.6 Å². The SMILES string of the molecule is CCOC(=O)c1c(O[Si](C(C)C)(C(C)C)C(C)C)n(Cc2ccc(OC)cc2OC)c2cccc(OC)c12. The Morgan fingerprint density at radius 1 is 0.868 bits per heavy atom. The molecule has 0 spiro atoms. The van der Waals surface area contributed by atoms with E-state index in [0.29, 0.717) is 57.2 Å². The van der Waals surface area contributed by atoms with Crippen LogP contribution in [0.15, 0.2) is 36.4 Å². The summed E-state index contributed by atoms with van der Waals surface area (Å²) in [6.45, 7) is 15.9. The number of benzene rings is 2. The second-order valence-corrected chi connectivity index (χ2v) is 15.8. The molecule has 0 aliphatic rings. The molecule has 3 aromatic rings. The van der Waals surface area contributed by atoms with Crippen molar-refractivity contribution >= 4 is 25.2 Å². The van der Waals surface area contributed by atoms with Crippen molar-refractivity contribution in [2.75, 3.05) is 27.9 Å². The molecule has 8 heteroatoms. The zero-order valence-electron chi connectivity index (χ0n) is 24.5. The predicted molar refractivity (Wildman–Crippen MR) is 155 cm³/mol. The van der Waals surface area contributed by atoms with E-state index < -0.39 is 14.3 Å². The molecule has 0 aliphatic heterocycles. The topological polar surface area (TPSA) is 68.2 Å². The number of fused-ring (bicyclic) bond motifs is 1. The van der Waals surface area contributed by atoms with Crippen molar-refractivity contribution in [2.45, 2.75) is 71.6 Å². The Bertz CT molecular complexity index is 1240. The third kappa shape index (κ3) is 5.23. The van der Waals surface area contributed by atoms with Gasteiger partial charge in [0.1, 0.15) is 22.8 Å². The maximum atomic E-state index is 13.6. The Kier molecular flexibility index (Phi) is 9.41. The summed E-state index contributed by atoms with van der Waals surface area (Å²) in [6, 6.07) is 11.5. The summed E-state index contributed by atoms with van der Waals surface area (Å²) in [5, 5.41) is 0.690. The van der Waals surface area contributed by atoms with Gasteiger partial charge in [0.15, 0.2) is 5.88 Å². The van der Waals surface area contributed by atoms with Gasteiger partial charge in [0.05, 0.1) is 45.4 Å². The van der Waals surface area contributed by atoms with Crippen molar-refractivity contribution in [3.63, 3.8) is 0 Å². The van der Waals surface area contributed by atoms with E-state index in [-0.39, 0.29) is 6.61 Å². The first-order chi connectivity index (χ1) is 18.1. The molecular weight excluding hydrogens is 498 g/mol. The van der Waals surface area contributed by atoms with Gasteiger partial charge in [0.25, 0.3) is 8.32 Å². The van der Waals surface area contributed by atoms with E-state index in [0.717, 1.165) is 11.1 Å². The number of ether oxygens (including phenoxy) is 4. The fourth-order valence-electron chi connectivity index (χ4n) is 5.85. The van der Waals surface area contributed by atoms with Gasteiger partial charge >= 0.3 is 5.97 Å². The maximum absolute atomic E-state index is 13.6. The Morgan fingerprint density at radius 2 is 1.50 bits per heavy atom. The first-order valence-electron chi connectivity index (χ1n) is 13.3. The number of hydrogen-bond donors (Lipinski definition) is 0. The largest absolute Gasteiger partial charge is 0.530 e. The minimum atomic E-state index is -2.46. The molecule has 0 bridgehead atoms. The molecule has 7 nitrogen and oxygen atoms in total. The molecule has 38 heavy (non-hydrogen) atoms. The molecule has 0 atom stereocenters. The summed E-state index contributed by atoms with van der Waals surface area (Å²) >= 11 is 0. The van der Waals surface area contributed by atoms with E-state index in [1.807, 2.05) is 43.3 Å². The summed E-state index contributed by atoms with van der Waals surface area (Å²) < 4.78 is 31.8. The first-order valence-corrected chi connectivity index (χ1v) is 15.5. The third-order valence-corrected chi connectivity index (χ3v) is 13.5. The quantitative estimate of drug-likeness (QED) is 0.175. The smallest absolute Gasteiger partial charge is 0.344 e. The van der Waals surface area contributed by atoms with Crippen LogP contribution in [0.25, 0.3) is 10.9 Å². The highest BCUT2D eigenvalue weighted by Crippen LogP contribution is 2.47. The summed E-state index contributed by atoms with van der Waals surface area (Å²) in [4.78, 5) is 13.6. The molecule has 3 rings (SSSR count). The van der Waals surface area contributed by atoms with Gasteiger partial charge in [-0.15, -0.1) is 0 Å². The lowest BCUT2D eigenvalue weighted by Gasteiger charge is -2.42. The van der Waals surface area contributed by atoms with Gasteiger partial charge in [-0.3, -0.25) is 0 Å². The van der Waals surface area contributed by atoms with Crippen molar-refractivity contribution in [3.05, 3.63) is 47.5 Å². The lowest BCUT2D eigenvalue weighted by molar-refractivity contribution is 0.0525. The number of carbonyl (C=O) groups excluding carboxylic acids is 1. The van der Waals surface area contributed by atoms with Crippen molar-refractivity contribution in [2.24, 2.45) is 0 Å². The number of aromatic nitrogens is 1. The van der Waals surface area contributed by atoms with Crippen LogP contribution in [0, 0.1) is 0 Å². The fourth-order valence-corrected chi connectivity index (χ4v) is 11.1. The van der Waals surface area contributed by atoms with Crippen molar-refractivity contribution in [1.82, 2.24) is 4.57 Å². The van der Waals surface area contributed by atoms with Crippen molar-refractivity contribution in [3.8, 4) is 23.1 Å². The number of methoxy groups -OCH3 is 3. The molecule has 208 valence electrons. The van der Waals surface area contributed by atoms with Crippen LogP contribution in [0.3, 0.4) is 0 Å². The summed E-state index contributed by atoms with van der Waals surface area (Å²) in [6.07, 6.45) is 0. The normalized spacial score (nSPS) is 11.9. The highest BCUT2D eigenvalue weighted by Gasteiger charge is 2.48. The Labute approximate surface area is 228 Å². The van der Waals surface area contributed by atoms with Crippen LogP contribution in [-0.4, -0.2) is 46.8 Å². The standard InChI is InChI=1S/C30H43NO6Si/c1-11-36-30(32)28-27-24(13-12-14-25(27)34-9)31(18-22-15-16-23(33-8)17-26(22)35-10)29(28)37-38(19(2)3,20(4)5)21(6)7/h12-17,19-21H,11,18H2,1-10H3. The second-order valence-electron chi connectivity index (χ2n) is 10.4. The zero-order chi connectivity index (χ0) is 28.2. The van der Waals surface area contributed by atoms with Crippen LogP contribution < -0.4 is 18.6 Å². The number of nitrogens with zero attached hydrogens (tertiary/aromatic N) is 1. The monoisotopic (exact) mass is 541 g/mol. The van der Waals surface area contributed by atoms with Crippen LogP contribution in [0.1, 0.15) is 64.4 Å². The lowest BCUT2D eigenvalue weighted by atomic mass is 10.1. The van der Waals surface area contributed by atoms with Crippen molar-refractivity contribution < 1.29 is 28.2 Å². The molecular formula is C30H43NO6Si. The summed E-state index contributed by atoms with van der Waals surface area (Å²) in [5.41, 5.74) is 3.09. The first kappa shape index (κ1) is 29.4. The van der Waals surface area contributed by atoms with Crippen LogP contribution >= 0.6 is 0 Å². The molecule has 1 heterocycles. The minimum absolute atomic E-state index is 0.257. The lowest BCUT2D eigenvalue weighted by Crippen LogP contribution is -2.51. The van der Waals surface area contributed by atoms with E-state index in [9.17, 15) is 4.79 Å². The molecule has 0 fully saturated rings. The van der Waals surface area contributed by atoms with Crippen LogP contribution in [0.4, 0.5) is 0 Å². The summed E-state index contributed by atoms with van der Waals surface area (Å²) in [7, 11) is 2.42. The number of carbonyl (C=O) groups is 1. The molecule has 0 radical (unpaired) electrons. The van der Waals surface area contributed by atoms with E-state index in [2.05, 4.69) is 46.1 Å². The Balaban J connectivity index is 2.42. The molecule has 0 N–H and O–H groups in total. The maximum Gasteiger partial charge on any atom is 0.344 e. The molecule has 0 saturated carbocycles. The van der Waals surface area contributed by atoms with Gasteiger partial charge in [-0.05, 0) is 47.8 Å². The molecule has 0 amide bonds. The van der Waals surface area contributed by atoms with E-state index in [1.54, 1.807) is 21.3 Å². The highest BCUT2D eigenvalue weighted by molar-refractivity contribution is 6.78. The van der Waals surface area contributed by atoms with Gasteiger partial charge < -0.3 is 27.9 Å². The molecule has 0 saturated heterocycles. The van der Waals surface area contributed by atoms with E-state index in [4.69, 9.17) is 23.4 Å². The molecule has 0 unspecified atom stereocenters. The Morgan fingerprint density at radius 3 is 2.03 bits per heavy atom. The second kappa shape index (κ2) is 12.2. The van der Waals surface area contributed by atoms with Crippen LogP contribution in [0.5, 0.6) is 23.1 Å². The van der Waals surface area contributed by atoms with Gasteiger partial charge in [-0.25, -0.2) is 4.79 Å².